The molecule has 0 aromatic heterocycles. The van der Waals surface area contributed by atoms with Gasteiger partial charge in [0.25, 0.3) is 0 Å². The van der Waals surface area contributed by atoms with Crippen LogP contribution < -0.4 is 9.80 Å². The second kappa shape index (κ2) is 6.04. The molecule has 0 aliphatic carbocycles. The third-order valence-electron chi connectivity index (χ3n) is 4.30. The zero-order valence-electron chi connectivity index (χ0n) is 12.6. The van der Waals surface area contributed by atoms with Crippen molar-refractivity contribution in [3.8, 4) is 0 Å². The first-order valence-electron chi connectivity index (χ1n) is 7.56. The smallest absolute Gasteiger partial charge is 0.0688 e. The van der Waals surface area contributed by atoms with Crippen LogP contribution in [0, 0.1) is 0 Å². The van der Waals surface area contributed by atoms with Gasteiger partial charge < -0.3 is 9.80 Å². The van der Waals surface area contributed by atoms with Gasteiger partial charge in [0.15, 0.2) is 0 Å². The predicted molar refractivity (Wildman–Crippen MR) is 90.8 cm³/mol. The fourth-order valence-corrected chi connectivity index (χ4v) is 3.08. The highest BCUT2D eigenvalue weighted by Gasteiger charge is 2.28. The van der Waals surface area contributed by atoms with Gasteiger partial charge in [0.1, 0.15) is 0 Å². The van der Waals surface area contributed by atoms with Gasteiger partial charge in [-0.2, -0.15) is 0 Å². The minimum Gasteiger partial charge on any atom is -0.363 e. The number of nitrogens with zero attached hydrogens (tertiary/aromatic N) is 2. The number of hydrogen-bond donors (Lipinski definition) is 0. The Balaban J connectivity index is 1.81. The van der Waals surface area contributed by atoms with E-state index in [0.717, 1.165) is 6.54 Å². The highest BCUT2D eigenvalue weighted by molar-refractivity contribution is 5.56. The average Bonchev–Trinajstić information content (AvgIpc) is 3.04. The fourth-order valence-electron chi connectivity index (χ4n) is 3.08. The summed E-state index contributed by atoms with van der Waals surface area (Å²) in [5.41, 5.74) is 3.66. The standard InChI is InChI=1S/C19H22N2/c1-16(20(2)17-10-5-3-6-11-17)19-14-9-15-21(19)18-12-7-4-8-13-18/h3-8,10-13,19H,1,9,14-15H2,2H3. The first kappa shape index (κ1) is 13.7. The van der Waals surface area contributed by atoms with Gasteiger partial charge in [-0.3, -0.25) is 0 Å². The first-order valence-corrected chi connectivity index (χ1v) is 7.56. The third-order valence-corrected chi connectivity index (χ3v) is 4.30. The van der Waals surface area contributed by atoms with Crippen LogP contribution in [-0.4, -0.2) is 19.6 Å². The van der Waals surface area contributed by atoms with Crippen LogP contribution in [0.25, 0.3) is 0 Å². The van der Waals surface area contributed by atoms with E-state index in [-0.39, 0.29) is 0 Å². The molecular weight excluding hydrogens is 256 g/mol. The van der Waals surface area contributed by atoms with Crippen LogP contribution in [0.5, 0.6) is 0 Å². The summed E-state index contributed by atoms with van der Waals surface area (Å²) in [6, 6.07) is 21.5. The minimum absolute atomic E-state index is 0.387. The summed E-state index contributed by atoms with van der Waals surface area (Å²) in [7, 11) is 2.11. The predicted octanol–water partition coefficient (Wildman–Crippen LogP) is 4.31. The molecule has 1 fully saturated rings. The topological polar surface area (TPSA) is 6.48 Å². The zero-order valence-corrected chi connectivity index (χ0v) is 12.6. The Morgan fingerprint density at radius 1 is 1.05 bits per heavy atom. The number of likely N-dealkylation sites (N-methyl/N-ethyl adjacent to an activating group) is 1. The van der Waals surface area contributed by atoms with Crippen molar-refractivity contribution >= 4 is 11.4 Å². The molecule has 0 radical (unpaired) electrons. The lowest BCUT2D eigenvalue weighted by Gasteiger charge is -2.33. The number of anilines is 2. The monoisotopic (exact) mass is 278 g/mol. The summed E-state index contributed by atoms with van der Waals surface area (Å²) < 4.78 is 0. The van der Waals surface area contributed by atoms with E-state index in [9.17, 15) is 0 Å². The van der Waals surface area contributed by atoms with Crippen LogP contribution in [0.2, 0.25) is 0 Å². The highest BCUT2D eigenvalue weighted by atomic mass is 15.2. The van der Waals surface area contributed by atoms with Crippen molar-refractivity contribution in [1.82, 2.24) is 0 Å². The Morgan fingerprint density at radius 2 is 1.67 bits per heavy atom. The van der Waals surface area contributed by atoms with Crippen molar-refractivity contribution in [1.29, 1.82) is 0 Å². The molecule has 0 N–H and O–H groups in total. The van der Waals surface area contributed by atoms with E-state index in [0.29, 0.717) is 6.04 Å². The van der Waals surface area contributed by atoms with E-state index in [1.807, 2.05) is 6.07 Å². The van der Waals surface area contributed by atoms with Crippen LogP contribution in [0.1, 0.15) is 12.8 Å². The van der Waals surface area contributed by atoms with E-state index in [4.69, 9.17) is 0 Å². The maximum absolute atomic E-state index is 4.37. The van der Waals surface area contributed by atoms with Gasteiger partial charge in [0, 0.05) is 30.7 Å². The average molecular weight is 278 g/mol. The molecule has 2 heteroatoms. The van der Waals surface area contributed by atoms with E-state index in [2.05, 4.69) is 78.0 Å². The molecule has 3 rings (SSSR count). The van der Waals surface area contributed by atoms with E-state index >= 15 is 0 Å². The summed E-state index contributed by atoms with van der Waals surface area (Å²) in [5, 5.41) is 0. The lowest BCUT2D eigenvalue weighted by molar-refractivity contribution is 0.737. The van der Waals surface area contributed by atoms with Gasteiger partial charge in [-0.15, -0.1) is 0 Å². The zero-order chi connectivity index (χ0) is 14.7. The van der Waals surface area contributed by atoms with Gasteiger partial charge in [0.05, 0.1) is 6.04 Å². The molecule has 0 spiro atoms. The van der Waals surface area contributed by atoms with Crippen molar-refractivity contribution < 1.29 is 0 Å². The van der Waals surface area contributed by atoms with Crippen LogP contribution in [0.3, 0.4) is 0 Å². The first-order chi connectivity index (χ1) is 10.3. The van der Waals surface area contributed by atoms with Crippen LogP contribution in [-0.2, 0) is 0 Å². The molecule has 1 aliphatic rings. The van der Waals surface area contributed by atoms with Crippen molar-refractivity contribution in [3.63, 3.8) is 0 Å². The molecule has 1 saturated heterocycles. The van der Waals surface area contributed by atoms with Crippen molar-refractivity contribution in [2.45, 2.75) is 18.9 Å². The highest BCUT2D eigenvalue weighted by Crippen LogP contribution is 2.31. The quantitative estimate of drug-likeness (QED) is 0.822. The molecule has 2 aromatic carbocycles. The summed E-state index contributed by atoms with van der Waals surface area (Å²) >= 11 is 0. The number of benzene rings is 2. The van der Waals surface area contributed by atoms with Crippen LogP contribution in [0.4, 0.5) is 11.4 Å². The summed E-state index contributed by atoms with van der Waals surface area (Å²) in [5.74, 6) is 0. The van der Waals surface area contributed by atoms with Crippen LogP contribution in [0.15, 0.2) is 72.9 Å². The van der Waals surface area contributed by atoms with Crippen molar-refractivity contribution in [2.75, 3.05) is 23.4 Å². The second-order valence-corrected chi connectivity index (χ2v) is 5.57. The second-order valence-electron chi connectivity index (χ2n) is 5.57. The van der Waals surface area contributed by atoms with Gasteiger partial charge in [-0.25, -0.2) is 0 Å². The molecule has 1 atom stereocenters. The van der Waals surface area contributed by atoms with Gasteiger partial charge in [-0.05, 0) is 37.1 Å². The Hall–Kier alpha value is -2.22. The summed E-state index contributed by atoms with van der Waals surface area (Å²) in [6.07, 6.45) is 2.39. The Bertz CT molecular complexity index is 591. The molecule has 1 heterocycles. The molecule has 108 valence electrons. The number of hydrogen-bond acceptors (Lipinski definition) is 2. The lowest BCUT2D eigenvalue weighted by Crippen LogP contribution is -2.36. The summed E-state index contributed by atoms with van der Waals surface area (Å²) in [4.78, 5) is 4.69. The molecule has 21 heavy (non-hydrogen) atoms. The molecule has 2 nitrogen and oxygen atoms in total. The molecule has 1 unspecified atom stereocenters. The maximum Gasteiger partial charge on any atom is 0.0688 e. The van der Waals surface area contributed by atoms with E-state index in [1.165, 1.54) is 29.9 Å². The van der Waals surface area contributed by atoms with E-state index in [1.54, 1.807) is 0 Å². The van der Waals surface area contributed by atoms with Crippen LogP contribution >= 0.6 is 0 Å². The maximum atomic E-state index is 4.37. The summed E-state index contributed by atoms with van der Waals surface area (Å²) in [6.45, 7) is 5.48. The molecule has 0 saturated carbocycles. The van der Waals surface area contributed by atoms with Gasteiger partial charge in [-0.1, -0.05) is 43.0 Å². The third kappa shape index (κ3) is 2.80. The lowest BCUT2D eigenvalue weighted by atomic mass is 10.1. The Morgan fingerprint density at radius 3 is 2.33 bits per heavy atom. The van der Waals surface area contributed by atoms with Gasteiger partial charge in [0.2, 0.25) is 0 Å². The Kier molecular flexibility index (Phi) is 3.96. The number of para-hydroxylation sites is 2. The molecule has 2 aromatic rings. The van der Waals surface area contributed by atoms with E-state index < -0.39 is 0 Å². The molecule has 0 bridgehead atoms. The molecule has 1 aliphatic heterocycles. The fraction of sp³-hybridized carbons (Fsp3) is 0.263. The molecule has 0 amide bonds. The van der Waals surface area contributed by atoms with Crippen molar-refractivity contribution in [3.05, 3.63) is 72.9 Å². The molecular formula is C19H22N2. The van der Waals surface area contributed by atoms with Crippen molar-refractivity contribution in [2.24, 2.45) is 0 Å². The largest absolute Gasteiger partial charge is 0.363 e. The number of rotatable bonds is 4. The normalized spacial score (nSPS) is 17.8. The Labute approximate surface area is 127 Å². The minimum atomic E-state index is 0.387. The SMILES string of the molecule is C=C(C1CCCN1c1ccccc1)N(C)c1ccccc1. The van der Waals surface area contributed by atoms with Gasteiger partial charge >= 0.3 is 0 Å².